The summed E-state index contributed by atoms with van der Waals surface area (Å²) in [7, 11) is 0. The van der Waals surface area contributed by atoms with E-state index < -0.39 is 0 Å². The number of rotatable bonds is 4. The van der Waals surface area contributed by atoms with Crippen LogP contribution in [0.15, 0.2) is 6.07 Å². The van der Waals surface area contributed by atoms with Crippen molar-refractivity contribution in [2.75, 3.05) is 18.1 Å². The molecule has 1 fully saturated rings. The molecule has 1 aromatic rings. The van der Waals surface area contributed by atoms with Crippen LogP contribution in [0.25, 0.3) is 0 Å². The van der Waals surface area contributed by atoms with Gasteiger partial charge in [0.2, 0.25) is 11.8 Å². The van der Waals surface area contributed by atoms with Crippen LogP contribution >= 0.6 is 0 Å². The molecule has 94 valence electrons. The molecular weight excluding hydrogens is 216 g/mol. The number of aromatic nitrogens is 2. The minimum atomic E-state index is 0.165. The van der Waals surface area contributed by atoms with Crippen molar-refractivity contribution in [2.24, 2.45) is 5.92 Å². The summed E-state index contributed by atoms with van der Waals surface area (Å²) >= 11 is 0. The Morgan fingerprint density at radius 3 is 2.65 bits per heavy atom. The third-order valence-electron chi connectivity index (χ3n) is 3.24. The Balaban J connectivity index is 1.77. The fourth-order valence-corrected chi connectivity index (χ4v) is 2.34. The van der Waals surface area contributed by atoms with Crippen LogP contribution in [0.3, 0.4) is 0 Å². The minimum Gasteiger partial charge on any atom is -0.477 e. The second-order valence-electron chi connectivity index (χ2n) is 4.63. The van der Waals surface area contributed by atoms with Crippen molar-refractivity contribution in [2.45, 2.75) is 38.5 Å². The first-order valence-corrected chi connectivity index (χ1v) is 6.27. The molecule has 0 amide bonds. The zero-order chi connectivity index (χ0) is 12.1. The third kappa shape index (κ3) is 3.76. The van der Waals surface area contributed by atoms with Crippen LogP contribution in [0.4, 0.5) is 11.8 Å². The molecule has 0 aliphatic heterocycles. The summed E-state index contributed by atoms with van der Waals surface area (Å²) in [5, 5.41) is 0. The quantitative estimate of drug-likeness (QED) is 0.834. The Morgan fingerprint density at radius 2 is 1.94 bits per heavy atom. The topological polar surface area (TPSA) is 87.0 Å². The van der Waals surface area contributed by atoms with E-state index in [0.29, 0.717) is 18.3 Å². The molecule has 17 heavy (non-hydrogen) atoms. The molecule has 0 radical (unpaired) electrons. The van der Waals surface area contributed by atoms with Gasteiger partial charge in [-0.3, -0.25) is 0 Å². The maximum Gasteiger partial charge on any atom is 0.225 e. The van der Waals surface area contributed by atoms with Gasteiger partial charge in [0.25, 0.3) is 0 Å². The number of nitrogens with zero attached hydrogens (tertiary/aromatic N) is 2. The summed E-state index contributed by atoms with van der Waals surface area (Å²) in [6, 6.07) is 1.61. The Morgan fingerprint density at radius 1 is 1.18 bits per heavy atom. The Hall–Kier alpha value is -1.52. The van der Waals surface area contributed by atoms with Crippen LogP contribution in [0.1, 0.15) is 38.5 Å². The largest absolute Gasteiger partial charge is 0.477 e. The van der Waals surface area contributed by atoms with E-state index in [1.54, 1.807) is 6.07 Å². The van der Waals surface area contributed by atoms with Crippen molar-refractivity contribution in [1.82, 2.24) is 9.97 Å². The molecule has 0 bridgehead atoms. The molecule has 0 saturated heterocycles. The van der Waals surface area contributed by atoms with Gasteiger partial charge in [-0.05, 0) is 12.3 Å². The van der Waals surface area contributed by atoms with E-state index >= 15 is 0 Å². The van der Waals surface area contributed by atoms with Crippen molar-refractivity contribution in [1.29, 1.82) is 0 Å². The summed E-state index contributed by atoms with van der Waals surface area (Å²) in [6.07, 6.45) is 7.85. The van der Waals surface area contributed by atoms with E-state index in [2.05, 4.69) is 9.97 Å². The molecule has 4 N–H and O–H groups in total. The highest BCUT2D eigenvalue weighted by atomic mass is 16.5. The zero-order valence-electron chi connectivity index (χ0n) is 10.1. The molecule has 1 aliphatic carbocycles. The average molecular weight is 236 g/mol. The van der Waals surface area contributed by atoms with Crippen molar-refractivity contribution in [3.63, 3.8) is 0 Å². The van der Waals surface area contributed by atoms with E-state index in [9.17, 15) is 0 Å². The normalized spacial score (nSPS) is 16.9. The van der Waals surface area contributed by atoms with Gasteiger partial charge in [-0.2, -0.15) is 9.97 Å². The molecule has 1 saturated carbocycles. The van der Waals surface area contributed by atoms with Crippen LogP contribution in [-0.4, -0.2) is 16.6 Å². The monoisotopic (exact) mass is 236 g/mol. The number of anilines is 2. The van der Waals surface area contributed by atoms with Crippen LogP contribution in [-0.2, 0) is 0 Å². The van der Waals surface area contributed by atoms with Crippen LogP contribution < -0.4 is 16.2 Å². The number of hydrogen-bond donors (Lipinski definition) is 2. The maximum absolute atomic E-state index is 5.56. The van der Waals surface area contributed by atoms with Gasteiger partial charge < -0.3 is 16.2 Å². The van der Waals surface area contributed by atoms with Gasteiger partial charge in [-0.15, -0.1) is 0 Å². The van der Waals surface area contributed by atoms with E-state index in [1.807, 2.05) is 0 Å². The summed E-state index contributed by atoms with van der Waals surface area (Å²) in [4.78, 5) is 7.78. The van der Waals surface area contributed by atoms with Crippen LogP contribution in [0.5, 0.6) is 5.88 Å². The lowest BCUT2D eigenvalue weighted by Gasteiger charge is -2.21. The maximum atomic E-state index is 5.56. The molecule has 1 aliphatic rings. The lowest BCUT2D eigenvalue weighted by Crippen LogP contribution is -2.11. The first kappa shape index (κ1) is 12.0. The van der Waals surface area contributed by atoms with Crippen molar-refractivity contribution >= 4 is 11.8 Å². The number of nitrogen functional groups attached to an aromatic ring is 2. The van der Waals surface area contributed by atoms with Gasteiger partial charge in [-0.1, -0.05) is 32.1 Å². The van der Waals surface area contributed by atoms with Gasteiger partial charge in [0.1, 0.15) is 5.82 Å². The summed E-state index contributed by atoms with van der Waals surface area (Å²) < 4.78 is 5.56. The predicted octanol–water partition coefficient (Wildman–Crippen LogP) is 1.99. The highest BCUT2D eigenvalue weighted by molar-refractivity contribution is 5.38. The first-order chi connectivity index (χ1) is 8.24. The standard InChI is InChI=1S/C12H20N4O/c13-10-8-11(16-12(14)15-10)17-7-6-9-4-2-1-3-5-9/h8-9H,1-7H2,(H4,13,14,15,16). The first-order valence-electron chi connectivity index (χ1n) is 6.27. The van der Waals surface area contributed by atoms with E-state index in [1.165, 1.54) is 32.1 Å². The van der Waals surface area contributed by atoms with E-state index in [4.69, 9.17) is 16.2 Å². The highest BCUT2D eigenvalue weighted by Crippen LogP contribution is 2.26. The molecule has 1 heterocycles. The summed E-state index contributed by atoms with van der Waals surface area (Å²) in [5.74, 6) is 1.80. The molecule has 0 aromatic carbocycles. The molecule has 1 aromatic heterocycles. The van der Waals surface area contributed by atoms with Gasteiger partial charge in [-0.25, -0.2) is 0 Å². The predicted molar refractivity (Wildman–Crippen MR) is 67.5 cm³/mol. The second-order valence-corrected chi connectivity index (χ2v) is 4.63. The number of ether oxygens (including phenoxy) is 1. The Bertz CT molecular complexity index is 343. The fourth-order valence-electron chi connectivity index (χ4n) is 2.34. The second kappa shape index (κ2) is 5.70. The van der Waals surface area contributed by atoms with Crippen molar-refractivity contribution in [3.05, 3.63) is 6.07 Å². The Labute approximate surface area is 102 Å². The highest BCUT2D eigenvalue weighted by Gasteiger charge is 2.13. The lowest BCUT2D eigenvalue weighted by molar-refractivity contribution is 0.240. The molecule has 0 spiro atoms. The SMILES string of the molecule is Nc1cc(OCCC2CCCCC2)nc(N)n1. The number of nitrogens with two attached hydrogens (primary N) is 2. The third-order valence-corrected chi connectivity index (χ3v) is 3.24. The molecule has 0 unspecified atom stereocenters. The van der Waals surface area contributed by atoms with Gasteiger partial charge >= 0.3 is 0 Å². The number of hydrogen-bond acceptors (Lipinski definition) is 5. The van der Waals surface area contributed by atoms with E-state index in [0.717, 1.165) is 12.3 Å². The molecule has 5 nitrogen and oxygen atoms in total. The lowest BCUT2D eigenvalue weighted by atomic mass is 9.87. The fraction of sp³-hybridized carbons (Fsp3) is 0.667. The van der Waals surface area contributed by atoms with Gasteiger partial charge in [0.05, 0.1) is 6.61 Å². The average Bonchev–Trinajstić information content (AvgIpc) is 2.29. The van der Waals surface area contributed by atoms with Crippen LogP contribution in [0, 0.1) is 5.92 Å². The van der Waals surface area contributed by atoms with Gasteiger partial charge in [0, 0.05) is 6.07 Å². The summed E-state index contributed by atoms with van der Waals surface area (Å²) in [5.41, 5.74) is 11.1. The smallest absolute Gasteiger partial charge is 0.225 e. The minimum absolute atomic E-state index is 0.165. The molecular formula is C12H20N4O. The molecule has 0 atom stereocenters. The summed E-state index contributed by atoms with van der Waals surface area (Å²) in [6.45, 7) is 0.681. The Kier molecular flexibility index (Phi) is 4.01. The molecule has 2 rings (SSSR count). The molecule has 5 heteroatoms. The van der Waals surface area contributed by atoms with E-state index in [-0.39, 0.29) is 5.95 Å². The van der Waals surface area contributed by atoms with Crippen molar-refractivity contribution in [3.8, 4) is 5.88 Å². The zero-order valence-corrected chi connectivity index (χ0v) is 10.1. The van der Waals surface area contributed by atoms with Crippen molar-refractivity contribution < 1.29 is 4.74 Å². The van der Waals surface area contributed by atoms with Crippen LogP contribution in [0.2, 0.25) is 0 Å². The van der Waals surface area contributed by atoms with Gasteiger partial charge in [0.15, 0.2) is 0 Å².